The van der Waals surface area contributed by atoms with Gasteiger partial charge in [-0.25, -0.2) is 4.68 Å². The summed E-state index contributed by atoms with van der Waals surface area (Å²) in [4.78, 5) is 4.29. The first-order valence-corrected chi connectivity index (χ1v) is 9.97. The summed E-state index contributed by atoms with van der Waals surface area (Å²) in [7, 11) is 1.77. The number of nitrogens with zero attached hydrogens (tertiary/aromatic N) is 3. The summed E-state index contributed by atoms with van der Waals surface area (Å²) >= 11 is 0. The molecule has 0 saturated heterocycles. The van der Waals surface area contributed by atoms with Gasteiger partial charge in [0, 0.05) is 32.6 Å². The van der Waals surface area contributed by atoms with Crippen LogP contribution >= 0.6 is 24.0 Å². The third-order valence-corrected chi connectivity index (χ3v) is 4.27. The largest absolute Gasteiger partial charge is 0.379 e. The van der Waals surface area contributed by atoms with E-state index in [9.17, 15) is 0 Å². The van der Waals surface area contributed by atoms with Crippen LogP contribution in [0, 0.1) is 0 Å². The predicted octanol–water partition coefficient (Wildman–Crippen LogP) is 3.55. The average molecular weight is 515 g/mol. The average Bonchev–Trinajstić information content (AvgIpc) is 3.26. The van der Waals surface area contributed by atoms with E-state index in [1.807, 2.05) is 29.1 Å². The number of benzene rings is 1. The van der Waals surface area contributed by atoms with Gasteiger partial charge in [-0.3, -0.25) is 4.99 Å². The van der Waals surface area contributed by atoms with E-state index >= 15 is 0 Å². The predicted molar refractivity (Wildman–Crippen MR) is 128 cm³/mol. The lowest BCUT2D eigenvalue weighted by Gasteiger charge is -2.19. The Kier molecular flexibility index (Phi) is 13.3. The number of ether oxygens (including phenoxy) is 2. The fraction of sp³-hybridized carbons (Fsp3) is 0.524. The van der Waals surface area contributed by atoms with Crippen LogP contribution < -0.4 is 10.6 Å². The van der Waals surface area contributed by atoms with Gasteiger partial charge in [-0.15, -0.1) is 24.0 Å². The smallest absolute Gasteiger partial charge is 0.191 e. The van der Waals surface area contributed by atoms with Crippen molar-refractivity contribution >= 4 is 29.9 Å². The standard InChI is InChI=1S/C21H33N5O2.HI/c1-4-5-13-27-15-16-28-14-11-23-21(22-3)25-18(2)19-8-6-9-20(17-19)26-12-7-10-24-26;/h6-10,12,17-18H,4-5,11,13-16H2,1-3H3,(H2,22,23,25);1H. The number of nitrogens with one attached hydrogen (secondary N) is 2. The van der Waals surface area contributed by atoms with Crippen LogP contribution in [0.3, 0.4) is 0 Å². The number of aliphatic imine (C=N–C) groups is 1. The van der Waals surface area contributed by atoms with E-state index in [-0.39, 0.29) is 30.0 Å². The SMILES string of the molecule is CCCCOCCOCCNC(=NC)NC(C)c1cccc(-n2cccn2)c1.I. The quantitative estimate of drug-likeness (QED) is 0.196. The Hall–Kier alpha value is -1.65. The minimum Gasteiger partial charge on any atom is -0.379 e. The zero-order chi connectivity index (χ0) is 20.0. The highest BCUT2D eigenvalue weighted by Crippen LogP contribution is 2.16. The summed E-state index contributed by atoms with van der Waals surface area (Å²) in [5.74, 6) is 0.750. The van der Waals surface area contributed by atoms with E-state index in [2.05, 4.69) is 46.7 Å². The number of aromatic nitrogens is 2. The van der Waals surface area contributed by atoms with Crippen molar-refractivity contribution in [2.75, 3.05) is 40.0 Å². The summed E-state index contributed by atoms with van der Waals surface area (Å²) in [5, 5.41) is 11.0. The minimum absolute atomic E-state index is 0. The zero-order valence-electron chi connectivity index (χ0n) is 17.6. The summed E-state index contributed by atoms with van der Waals surface area (Å²) < 4.78 is 12.9. The second-order valence-electron chi connectivity index (χ2n) is 6.49. The van der Waals surface area contributed by atoms with Crippen LogP contribution in [0.15, 0.2) is 47.7 Å². The molecule has 29 heavy (non-hydrogen) atoms. The highest BCUT2D eigenvalue weighted by atomic mass is 127. The van der Waals surface area contributed by atoms with Crippen molar-refractivity contribution in [3.63, 3.8) is 0 Å². The highest BCUT2D eigenvalue weighted by Gasteiger charge is 2.09. The van der Waals surface area contributed by atoms with Gasteiger partial charge in [0.25, 0.3) is 0 Å². The molecule has 2 aromatic rings. The van der Waals surface area contributed by atoms with Crippen molar-refractivity contribution in [3.8, 4) is 5.69 Å². The van der Waals surface area contributed by atoms with Gasteiger partial charge in [0.2, 0.25) is 0 Å². The third-order valence-electron chi connectivity index (χ3n) is 4.27. The molecule has 2 N–H and O–H groups in total. The monoisotopic (exact) mass is 515 g/mol. The normalized spacial score (nSPS) is 12.3. The molecule has 1 unspecified atom stereocenters. The molecule has 0 bridgehead atoms. The molecule has 1 aromatic carbocycles. The molecule has 0 radical (unpaired) electrons. The fourth-order valence-electron chi connectivity index (χ4n) is 2.65. The van der Waals surface area contributed by atoms with Crippen LogP contribution in [-0.2, 0) is 9.47 Å². The van der Waals surface area contributed by atoms with E-state index in [1.54, 1.807) is 13.2 Å². The molecule has 162 valence electrons. The van der Waals surface area contributed by atoms with Crippen LogP contribution in [0.25, 0.3) is 5.69 Å². The maximum atomic E-state index is 5.58. The molecule has 0 aliphatic rings. The fourth-order valence-corrected chi connectivity index (χ4v) is 2.65. The maximum Gasteiger partial charge on any atom is 0.191 e. The van der Waals surface area contributed by atoms with Gasteiger partial charge in [-0.05, 0) is 37.1 Å². The molecule has 0 amide bonds. The molecule has 1 atom stereocenters. The molecule has 0 fully saturated rings. The van der Waals surface area contributed by atoms with Crippen LogP contribution in [0.4, 0.5) is 0 Å². The number of halogens is 1. The molecule has 1 aromatic heterocycles. The lowest BCUT2D eigenvalue weighted by atomic mass is 10.1. The number of guanidine groups is 1. The first kappa shape index (κ1) is 25.4. The van der Waals surface area contributed by atoms with Crippen molar-refractivity contribution < 1.29 is 9.47 Å². The van der Waals surface area contributed by atoms with Crippen LogP contribution in [0.5, 0.6) is 0 Å². The summed E-state index contributed by atoms with van der Waals surface area (Å²) in [6.07, 6.45) is 5.97. The van der Waals surface area contributed by atoms with Crippen LogP contribution in [-0.4, -0.2) is 55.8 Å². The minimum atomic E-state index is 0. The molecule has 7 nitrogen and oxygen atoms in total. The Bertz CT molecular complexity index is 694. The van der Waals surface area contributed by atoms with Gasteiger partial charge in [0.15, 0.2) is 5.96 Å². The van der Waals surface area contributed by atoms with E-state index < -0.39 is 0 Å². The maximum absolute atomic E-state index is 5.58. The molecule has 0 aliphatic heterocycles. The van der Waals surface area contributed by atoms with E-state index in [0.29, 0.717) is 26.4 Å². The first-order chi connectivity index (χ1) is 13.7. The topological polar surface area (TPSA) is 72.7 Å². The van der Waals surface area contributed by atoms with Gasteiger partial charge < -0.3 is 20.1 Å². The van der Waals surface area contributed by atoms with Crippen molar-refractivity contribution in [2.24, 2.45) is 4.99 Å². The van der Waals surface area contributed by atoms with Crippen molar-refractivity contribution in [3.05, 3.63) is 48.3 Å². The second kappa shape index (κ2) is 15.2. The Morgan fingerprint density at radius 2 is 1.97 bits per heavy atom. The number of hydrogen-bond acceptors (Lipinski definition) is 4. The van der Waals surface area contributed by atoms with Gasteiger partial charge in [0.05, 0.1) is 31.5 Å². The first-order valence-electron chi connectivity index (χ1n) is 9.97. The lowest BCUT2D eigenvalue weighted by molar-refractivity contribution is 0.0487. The zero-order valence-corrected chi connectivity index (χ0v) is 20.0. The Balaban J connectivity index is 0.00000420. The molecule has 0 spiro atoms. The van der Waals surface area contributed by atoms with E-state index in [4.69, 9.17) is 9.47 Å². The highest BCUT2D eigenvalue weighted by molar-refractivity contribution is 14.0. The lowest BCUT2D eigenvalue weighted by Crippen LogP contribution is -2.40. The molecule has 0 aliphatic carbocycles. The summed E-state index contributed by atoms with van der Waals surface area (Å²) in [6.45, 7) is 7.65. The number of rotatable bonds is 12. The molecule has 1 heterocycles. The Morgan fingerprint density at radius 3 is 2.66 bits per heavy atom. The van der Waals surface area contributed by atoms with Crippen molar-refractivity contribution in [1.82, 2.24) is 20.4 Å². The van der Waals surface area contributed by atoms with E-state index in [0.717, 1.165) is 36.7 Å². The van der Waals surface area contributed by atoms with Crippen LogP contribution in [0.1, 0.15) is 38.3 Å². The van der Waals surface area contributed by atoms with Gasteiger partial charge >= 0.3 is 0 Å². The number of hydrogen-bond donors (Lipinski definition) is 2. The van der Waals surface area contributed by atoms with Gasteiger partial charge in [-0.2, -0.15) is 5.10 Å². The Morgan fingerprint density at radius 1 is 1.17 bits per heavy atom. The second-order valence-corrected chi connectivity index (χ2v) is 6.49. The molecule has 8 heteroatoms. The third kappa shape index (κ3) is 9.60. The summed E-state index contributed by atoms with van der Waals surface area (Å²) in [6, 6.07) is 10.3. The molecular weight excluding hydrogens is 481 g/mol. The molecule has 2 rings (SSSR count). The van der Waals surface area contributed by atoms with Crippen molar-refractivity contribution in [1.29, 1.82) is 0 Å². The Labute approximate surface area is 191 Å². The summed E-state index contributed by atoms with van der Waals surface area (Å²) in [5.41, 5.74) is 2.20. The molecular formula is C21H34IN5O2. The van der Waals surface area contributed by atoms with Crippen molar-refractivity contribution in [2.45, 2.75) is 32.7 Å². The van der Waals surface area contributed by atoms with Crippen LogP contribution in [0.2, 0.25) is 0 Å². The number of unbranched alkanes of at least 4 members (excludes halogenated alkanes) is 1. The van der Waals surface area contributed by atoms with Gasteiger partial charge in [0.1, 0.15) is 0 Å². The van der Waals surface area contributed by atoms with E-state index in [1.165, 1.54) is 0 Å². The van der Waals surface area contributed by atoms with Gasteiger partial charge in [-0.1, -0.05) is 25.5 Å². The molecule has 0 saturated carbocycles.